The van der Waals surface area contributed by atoms with Gasteiger partial charge >= 0.3 is 0 Å². The third-order valence-electron chi connectivity index (χ3n) is 1.49. The van der Waals surface area contributed by atoms with Crippen LogP contribution in [-0.4, -0.2) is 17.0 Å². The highest BCUT2D eigenvalue weighted by atomic mass is 19.1. The number of hydrogen-bond acceptors (Lipinski definition) is 4. The van der Waals surface area contributed by atoms with E-state index in [1.54, 1.807) is 7.05 Å². The van der Waals surface area contributed by atoms with Crippen molar-refractivity contribution in [2.75, 3.05) is 12.4 Å². The minimum atomic E-state index is -0.483. The summed E-state index contributed by atoms with van der Waals surface area (Å²) in [6.07, 6.45) is 1.89. The van der Waals surface area contributed by atoms with E-state index in [2.05, 4.69) is 15.3 Å². The fourth-order valence-corrected chi connectivity index (χ4v) is 0.867. The standard InChI is InChI=1S/C8H9FN4/c1-11-8-6(9)5-12-7(13-8)3-2-4-10/h5H,2-3H2,1H3,(H,11,12,13). The molecule has 0 aliphatic rings. The Balaban J connectivity index is 2.81. The normalized spacial score (nSPS) is 9.31. The summed E-state index contributed by atoms with van der Waals surface area (Å²) in [5.74, 6) is 0.165. The molecular formula is C8H9FN4. The molecule has 1 aromatic rings. The van der Waals surface area contributed by atoms with Crippen LogP contribution >= 0.6 is 0 Å². The number of rotatable bonds is 3. The van der Waals surface area contributed by atoms with Crippen molar-refractivity contribution >= 4 is 5.82 Å². The smallest absolute Gasteiger partial charge is 0.183 e. The number of anilines is 1. The van der Waals surface area contributed by atoms with Crippen LogP contribution in [0, 0.1) is 17.1 Å². The molecule has 1 N–H and O–H groups in total. The van der Waals surface area contributed by atoms with Crippen LogP contribution in [0.15, 0.2) is 6.20 Å². The molecule has 0 amide bonds. The summed E-state index contributed by atoms with van der Waals surface area (Å²) < 4.78 is 12.8. The molecule has 0 unspecified atom stereocenters. The molecule has 1 rings (SSSR count). The van der Waals surface area contributed by atoms with E-state index < -0.39 is 5.82 Å². The van der Waals surface area contributed by atoms with Crippen molar-refractivity contribution in [2.45, 2.75) is 12.8 Å². The molecule has 0 bridgehead atoms. The molecular weight excluding hydrogens is 171 g/mol. The first-order valence-corrected chi connectivity index (χ1v) is 3.84. The summed E-state index contributed by atoms with van der Waals surface area (Å²) >= 11 is 0. The molecule has 0 saturated heterocycles. The van der Waals surface area contributed by atoms with Gasteiger partial charge < -0.3 is 5.32 Å². The number of aromatic nitrogens is 2. The Morgan fingerprint density at radius 2 is 2.46 bits per heavy atom. The van der Waals surface area contributed by atoms with Crippen LogP contribution in [0.1, 0.15) is 12.2 Å². The van der Waals surface area contributed by atoms with E-state index in [-0.39, 0.29) is 5.82 Å². The van der Waals surface area contributed by atoms with Crippen LogP contribution in [-0.2, 0) is 6.42 Å². The van der Waals surface area contributed by atoms with Gasteiger partial charge in [0.25, 0.3) is 0 Å². The van der Waals surface area contributed by atoms with Gasteiger partial charge in [-0.25, -0.2) is 14.4 Å². The summed E-state index contributed by atoms with van der Waals surface area (Å²) in [7, 11) is 1.58. The molecule has 5 heteroatoms. The lowest BCUT2D eigenvalue weighted by Gasteiger charge is -2.01. The van der Waals surface area contributed by atoms with Gasteiger partial charge in [-0.2, -0.15) is 5.26 Å². The van der Waals surface area contributed by atoms with E-state index in [0.717, 1.165) is 6.20 Å². The third-order valence-corrected chi connectivity index (χ3v) is 1.49. The minimum Gasteiger partial charge on any atom is -0.371 e. The number of aryl methyl sites for hydroxylation is 1. The maximum Gasteiger partial charge on any atom is 0.183 e. The molecule has 0 aliphatic carbocycles. The number of halogens is 1. The van der Waals surface area contributed by atoms with Crippen LogP contribution in [0.4, 0.5) is 10.2 Å². The Hall–Kier alpha value is -1.70. The van der Waals surface area contributed by atoms with Gasteiger partial charge in [-0.15, -0.1) is 0 Å². The highest BCUT2D eigenvalue weighted by Gasteiger charge is 2.03. The Labute approximate surface area is 75.4 Å². The number of nitrogens with one attached hydrogen (secondary N) is 1. The Bertz CT molecular complexity index is 331. The van der Waals surface area contributed by atoms with Crippen LogP contribution in [0.25, 0.3) is 0 Å². The second-order valence-corrected chi connectivity index (χ2v) is 2.39. The van der Waals surface area contributed by atoms with Crippen LogP contribution in [0.5, 0.6) is 0 Å². The van der Waals surface area contributed by atoms with E-state index in [4.69, 9.17) is 5.26 Å². The first kappa shape index (κ1) is 9.39. The summed E-state index contributed by atoms with van der Waals surface area (Å²) in [5, 5.41) is 10.9. The first-order valence-electron chi connectivity index (χ1n) is 3.84. The van der Waals surface area contributed by atoms with Crippen molar-refractivity contribution in [3.8, 4) is 6.07 Å². The van der Waals surface area contributed by atoms with Crippen LogP contribution < -0.4 is 5.32 Å². The minimum absolute atomic E-state index is 0.169. The van der Waals surface area contributed by atoms with Gasteiger partial charge in [-0.3, -0.25) is 0 Å². The van der Waals surface area contributed by atoms with Crippen molar-refractivity contribution in [1.29, 1.82) is 5.26 Å². The lowest BCUT2D eigenvalue weighted by molar-refractivity contribution is 0.613. The Morgan fingerprint density at radius 3 is 3.08 bits per heavy atom. The van der Waals surface area contributed by atoms with E-state index in [1.807, 2.05) is 6.07 Å². The van der Waals surface area contributed by atoms with Gasteiger partial charge in [0.2, 0.25) is 0 Å². The lowest BCUT2D eigenvalue weighted by Crippen LogP contribution is -2.02. The van der Waals surface area contributed by atoms with Crippen LogP contribution in [0.2, 0.25) is 0 Å². The zero-order chi connectivity index (χ0) is 9.68. The predicted octanol–water partition coefficient (Wildman–Crippen LogP) is 1.11. The maximum atomic E-state index is 12.8. The summed E-state index contributed by atoms with van der Waals surface area (Å²) in [6.45, 7) is 0. The van der Waals surface area contributed by atoms with Crippen molar-refractivity contribution < 1.29 is 4.39 Å². The van der Waals surface area contributed by atoms with E-state index in [0.29, 0.717) is 18.7 Å². The Kier molecular flexibility index (Phi) is 3.15. The van der Waals surface area contributed by atoms with E-state index in [1.165, 1.54) is 0 Å². The van der Waals surface area contributed by atoms with Gasteiger partial charge in [0.15, 0.2) is 11.6 Å². The molecule has 4 nitrogen and oxygen atoms in total. The summed E-state index contributed by atoms with van der Waals surface area (Å²) in [5.41, 5.74) is 0. The molecule has 0 fully saturated rings. The highest BCUT2D eigenvalue weighted by Crippen LogP contribution is 2.08. The molecule has 0 aliphatic heterocycles. The van der Waals surface area contributed by atoms with Gasteiger partial charge in [0.05, 0.1) is 12.3 Å². The number of nitriles is 1. The molecule has 0 spiro atoms. The number of hydrogen-bond donors (Lipinski definition) is 1. The fraction of sp³-hybridized carbons (Fsp3) is 0.375. The second-order valence-electron chi connectivity index (χ2n) is 2.39. The molecule has 0 saturated carbocycles. The predicted molar refractivity (Wildman–Crippen MR) is 45.5 cm³/mol. The molecule has 13 heavy (non-hydrogen) atoms. The van der Waals surface area contributed by atoms with Gasteiger partial charge in [0.1, 0.15) is 5.82 Å². The highest BCUT2D eigenvalue weighted by molar-refractivity contribution is 5.33. The molecule has 1 heterocycles. The zero-order valence-electron chi connectivity index (χ0n) is 7.21. The molecule has 1 aromatic heterocycles. The second kappa shape index (κ2) is 4.36. The fourth-order valence-electron chi connectivity index (χ4n) is 0.867. The van der Waals surface area contributed by atoms with E-state index in [9.17, 15) is 4.39 Å². The van der Waals surface area contributed by atoms with Gasteiger partial charge in [-0.1, -0.05) is 0 Å². The van der Waals surface area contributed by atoms with Crippen molar-refractivity contribution in [3.05, 3.63) is 17.8 Å². The number of nitrogens with zero attached hydrogens (tertiary/aromatic N) is 3. The molecule has 0 radical (unpaired) electrons. The van der Waals surface area contributed by atoms with Crippen molar-refractivity contribution in [3.63, 3.8) is 0 Å². The monoisotopic (exact) mass is 180 g/mol. The largest absolute Gasteiger partial charge is 0.371 e. The summed E-state index contributed by atoms with van der Waals surface area (Å²) in [4.78, 5) is 7.63. The maximum absolute atomic E-state index is 12.8. The lowest BCUT2D eigenvalue weighted by atomic mass is 10.3. The third kappa shape index (κ3) is 2.37. The molecule has 0 aromatic carbocycles. The van der Waals surface area contributed by atoms with E-state index >= 15 is 0 Å². The van der Waals surface area contributed by atoms with Crippen molar-refractivity contribution in [2.24, 2.45) is 0 Å². The first-order chi connectivity index (χ1) is 6.27. The molecule has 68 valence electrons. The average Bonchev–Trinajstić information content (AvgIpc) is 2.16. The topological polar surface area (TPSA) is 61.6 Å². The Morgan fingerprint density at radius 1 is 1.69 bits per heavy atom. The molecule has 0 atom stereocenters. The van der Waals surface area contributed by atoms with Gasteiger partial charge in [0, 0.05) is 19.9 Å². The average molecular weight is 180 g/mol. The summed E-state index contributed by atoms with van der Waals surface area (Å²) in [6, 6.07) is 1.97. The zero-order valence-corrected chi connectivity index (χ0v) is 7.21. The SMILES string of the molecule is CNc1nc(CCC#N)ncc1F. The van der Waals surface area contributed by atoms with Crippen LogP contribution in [0.3, 0.4) is 0 Å². The van der Waals surface area contributed by atoms with Crippen molar-refractivity contribution in [1.82, 2.24) is 9.97 Å². The van der Waals surface area contributed by atoms with Gasteiger partial charge in [-0.05, 0) is 0 Å². The quantitative estimate of drug-likeness (QED) is 0.756.